The van der Waals surface area contributed by atoms with Crippen molar-refractivity contribution in [3.8, 4) is 6.01 Å². The molecule has 6 heterocycles. The molecule has 5 fully saturated rings. The third-order valence-corrected chi connectivity index (χ3v) is 8.07. The fraction of sp³-hybridized carbons (Fsp3) is 0.783. The number of rotatable bonds is 6. The first-order chi connectivity index (χ1) is 16.1. The largest absolute Gasteiger partial charge is 0.465 e. The molecule has 1 aliphatic carbocycles. The zero-order valence-electron chi connectivity index (χ0n) is 19.2. The molecule has 2 atom stereocenters. The summed E-state index contributed by atoms with van der Waals surface area (Å²) in [6.07, 6.45) is 4.38. The number of nitrogens with zero attached hydrogens (tertiary/aromatic N) is 5. The van der Waals surface area contributed by atoms with Gasteiger partial charge >= 0.3 is 12.1 Å². The molecule has 2 N–H and O–H groups in total. The molecule has 0 radical (unpaired) electrons. The topological polar surface area (TPSA) is 103 Å². The van der Waals surface area contributed by atoms with E-state index in [4.69, 9.17) is 19.4 Å². The van der Waals surface area contributed by atoms with Gasteiger partial charge in [0.05, 0.1) is 31.6 Å². The molecule has 10 nitrogen and oxygen atoms in total. The zero-order valence-corrected chi connectivity index (χ0v) is 19.2. The smallest absolute Gasteiger partial charge is 0.407 e. The second kappa shape index (κ2) is 8.56. The molecule has 4 saturated heterocycles. The summed E-state index contributed by atoms with van der Waals surface area (Å²) in [6, 6.07) is 0.675. The molecule has 0 aromatic carbocycles. The Morgan fingerprint density at radius 2 is 2.00 bits per heavy atom. The van der Waals surface area contributed by atoms with Crippen molar-refractivity contribution < 1.29 is 19.4 Å². The van der Waals surface area contributed by atoms with E-state index >= 15 is 0 Å². The highest BCUT2D eigenvalue weighted by Gasteiger charge is 2.46. The van der Waals surface area contributed by atoms with E-state index in [1.807, 2.05) is 0 Å². The molecule has 2 bridgehead atoms. The fourth-order valence-corrected chi connectivity index (χ4v) is 5.92. The monoisotopic (exact) mass is 458 g/mol. The summed E-state index contributed by atoms with van der Waals surface area (Å²) >= 11 is 0. The number of piperazine rings is 1. The number of anilines is 1. The highest BCUT2D eigenvalue weighted by atomic mass is 16.5. The van der Waals surface area contributed by atoms with Crippen LogP contribution in [0.1, 0.15) is 36.9 Å². The van der Waals surface area contributed by atoms with Crippen molar-refractivity contribution in [1.82, 2.24) is 25.1 Å². The molecule has 33 heavy (non-hydrogen) atoms. The lowest BCUT2D eigenvalue weighted by atomic mass is 9.90. The molecular formula is C23H34N6O4. The number of piperidine rings is 2. The number of hydrogen-bond acceptors (Lipinski definition) is 8. The molecule has 7 rings (SSSR count). The number of carboxylic acid groups (broad SMARTS) is 1. The van der Waals surface area contributed by atoms with Crippen LogP contribution in [0, 0.1) is 5.41 Å². The Labute approximate surface area is 194 Å². The van der Waals surface area contributed by atoms with Crippen LogP contribution in [0.5, 0.6) is 6.01 Å². The van der Waals surface area contributed by atoms with Gasteiger partial charge in [0, 0.05) is 56.3 Å². The highest BCUT2D eigenvalue weighted by Crippen LogP contribution is 2.46. The number of aromatic nitrogens is 2. The predicted octanol–water partition coefficient (Wildman–Crippen LogP) is 0.945. The van der Waals surface area contributed by atoms with Gasteiger partial charge in [-0.3, -0.25) is 4.90 Å². The van der Waals surface area contributed by atoms with E-state index < -0.39 is 6.09 Å². The highest BCUT2D eigenvalue weighted by molar-refractivity contribution is 5.67. The van der Waals surface area contributed by atoms with Crippen LogP contribution >= 0.6 is 0 Å². The fourth-order valence-electron chi connectivity index (χ4n) is 5.92. The Balaban J connectivity index is 1.20. The van der Waals surface area contributed by atoms with Gasteiger partial charge in [-0.15, -0.1) is 0 Å². The average Bonchev–Trinajstić information content (AvgIpc) is 3.62. The number of amides is 1. The van der Waals surface area contributed by atoms with E-state index in [9.17, 15) is 9.90 Å². The maximum Gasteiger partial charge on any atom is 0.407 e. The normalized spacial score (nSPS) is 28.5. The Morgan fingerprint density at radius 3 is 2.73 bits per heavy atom. The molecule has 0 spiro atoms. The number of nitrogens with one attached hydrogen (secondary N) is 1. The zero-order chi connectivity index (χ0) is 22.4. The maximum atomic E-state index is 11.6. The Bertz CT molecular complexity index is 903. The van der Waals surface area contributed by atoms with Gasteiger partial charge in [0.1, 0.15) is 5.82 Å². The van der Waals surface area contributed by atoms with E-state index in [1.54, 1.807) is 4.90 Å². The van der Waals surface area contributed by atoms with Crippen LogP contribution in [0.4, 0.5) is 10.6 Å². The average molecular weight is 459 g/mol. The number of hydrogen-bond donors (Lipinski definition) is 2. The summed E-state index contributed by atoms with van der Waals surface area (Å²) in [5.41, 5.74) is 2.43. The van der Waals surface area contributed by atoms with E-state index in [2.05, 4.69) is 15.1 Å². The quantitative estimate of drug-likeness (QED) is 0.645. The third-order valence-electron chi connectivity index (χ3n) is 8.07. The lowest BCUT2D eigenvalue weighted by molar-refractivity contribution is 0.0231. The molecule has 0 unspecified atom stereocenters. The van der Waals surface area contributed by atoms with Crippen LogP contribution < -0.4 is 15.0 Å². The van der Waals surface area contributed by atoms with Crippen molar-refractivity contribution >= 4 is 11.9 Å². The van der Waals surface area contributed by atoms with Gasteiger partial charge in [0.15, 0.2) is 0 Å². The third kappa shape index (κ3) is 4.24. The minimum atomic E-state index is -0.808. The molecular weight excluding hydrogens is 424 g/mol. The van der Waals surface area contributed by atoms with Gasteiger partial charge < -0.3 is 29.7 Å². The van der Waals surface area contributed by atoms with Crippen molar-refractivity contribution in [2.24, 2.45) is 5.41 Å². The first-order valence-corrected chi connectivity index (χ1v) is 12.4. The Hall–Kier alpha value is -2.17. The van der Waals surface area contributed by atoms with Crippen LogP contribution in [0.25, 0.3) is 0 Å². The van der Waals surface area contributed by atoms with Gasteiger partial charge in [-0.25, -0.2) is 4.79 Å². The minimum absolute atomic E-state index is 0.0347. The summed E-state index contributed by atoms with van der Waals surface area (Å²) in [4.78, 5) is 27.8. The van der Waals surface area contributed by atoms with Crippen molar-refractivity contribution in [3.05, 3.63) is 11.3 Å². The molecule has 1 aromatic rings. The van der Waals surface area contributed by atoms with Crippen LogP contribution in [0.15, 0.2) is 0 Å². The summed E-state index contributed by atoms with van der Waals surface area (Å²) < 4.78 is 11.8. The van der Waals surface area contributed by atoms with Crippen LogP contribution in [0.2, 0.25) is 0 Å². The second-order valence-corrected chi connectivity index (χ2v) is 10.3. The SMILES string of the molecule is O=C(O)N1C[C@@H]2CC[C@H]1CN2c1nc(OCC2(CN3CCOCC3)CC2)nc2c1CCNC2. The lowest BCUT2D eigenvalue weighted by Gasteiger charge is -2.51. The van der Waals surface area contributed by atoms with Gasteiger partial charge in [0.2, 0.25) is 0 Å². The first-order valence-electron chi connectivity index (χ1n) is 12.4. The number of ether oxygens (including phenoxy) is 2. The molecule has 6 aliphatic rings. The van der Waals surface area contributed by atoms with E-state index in [-0.39, 0.29) is 17.5 Å². The summed E-state index contributed by atoms with van der Waals surface area (Å²) in [5.74, 6) is 0.967. The van der Waals surface area contributed by atoms with Crippen LogP contribution in [0.3, 0.4) is 0 Å². The van der Waals surface area contributed by atoms with Crippen molar-refractivity contribution in [1.29, 1.82) is 0 Å². The Morgan fingerprint density at radius 1 is 1.18 bits per heavy atom. The van der Waals surface area contributed by atoms with Gasteiger partial charge in [-0.1, -0.05) is 0 Å². The summed E-state index contributed by atoms with van der Waals surface area (Å²) in [6.45, 7) is 8.22. The van der Waals surface area contributed by atoms with Gasteiger partial charge in [-0.05, 0) is 38.6 Å². The van der Waals surface area contributed by atoms with Crippen LogP contribution in [-0.2, 0) is 17.7 Å². The summed E-state index contributed by atoms with van der Waals surface area (Å²) in [7, 11) is 0. The Kier molecular flexibility index (Phi) is 5.54. The standard InChI is InChI=1S/C23H34N6O4/c30-22(31)29-13-16-1-2-17(29)12-28(16)20-18-3-6-24-11-19(18)25-21(26-20)33-15-23(4-5-23)14-27-7-9-32-10-8-27/h16-17,24H,1-15H2,(H,30,31)/t16-,17-/m0/s1. The van der Waals surface area contributed by atoms with E-state index in [1.165, 1.54) is 18.4 Å². The minimum Gasteiger partial charge on any atom is -0.465 e. The lowest BCUT2D eigenvalue weighted by Crippen LogP contribution is -2.64. The summed E-state index contributed by atoms with van der Waals surface area (Å²) in [5, 5.41) is 13.0. The maximum absolute atomic E-state index is 11.6. The van der Waals surface area contributed by atoms with Crippen molar-refractivity contribution in [2.75, 3.05) is 64.0 Å². The van der Waals surface area contributed by atoms with Gasteiger partial charge in [-0.2, -0.15) is 9.97 Å². The van der Waals surface area contributed by atoms with E-state index in [0.29, 0.717) is 25.7 Å². The molecule has 10 heteroatoms. The predicted molar refractivity (Wildman–Crippen MR) is 121 cm³/mol. The van der Waals surface area contributed by atoms with Crippen LogP contribution in [-0.4, -0.2) is 102 Å². The molecule has 1 aromatic heterocycles. The van der Waals surface area contributed by atoms with Crippen molar-refractivity contribution in [2.45, 2.75) is 50.7 Å². The molecule has 1 saturated carbocycles. The number of carbonyl (C=O) groups is 1. The molecule has 5 aliphatic heterocycles. The van der Waals surface area contributed by atoms with Gasteiger partial charge in [0.25, 0.3) is 0 Å². The number of morpholine rings is 1. The van der Waals surface area contributed by atoms with Crippen molar-refractivity contribution in [3.63, 3.8) is 0 Å². The molecule has 1 amide bonds. The first kappa shape index (κ1) is 21.4. The number of fused-ring (bicyclic) bond motifs is 4. The second-order valence-electron chi connectivity index (χ2n) is 10.3. The molecule has 180 valence electrons. The van der Waals surface area contributed by atoms with E-state index in [0.717, 1.165) is 76.7 Å².